The average molecular weight is 321 g/mol. The highest BCUT2D eigenvalue weighted by molar-refractivity contribution is 6.30. The fraction of sp³-hybridized carbons (Fsp3) is 0. The van der Waals surface area contributed by atoms with Gasteiger partial charge in [0, 0.05) is 17.2 Å². The van der Waals surface area contributed by atoms with E-state index in [-0.39, 0.29) is 11.5 Å². The lowest BCUT2D eigenvalue weighted by Crippen LogP contribution is -2.08. The molecule has 0 heterocycles. The third kappa shape index (κ3) is 4.71. The summed E-state index contributed by atoms with van der Waals surface area (Å²) < 4.78 is 22.9. The third-order valence-electron chi connectivity index (χ3n) is 2.43. The summed E-state index contributed by atoms with van der Waals surface area (Å²) >= 11 is 5.69. The van der Waals surface area contributed by atoms with Crippen LogP contribution in [0.25, 0.3) is 0 Å². The van der Waals surface area contributed by atoms with Gasteiger partial charge in [-0.15, -0.1) is 0 Å². The molecule has 2 rings (SSSR count). The zero-order chi connectivity index (χ0) is 15.9. The molecule has 6 heteroatoms. The van der Waals surface area contributed by atoms with Gasteiger partial charge in [-0.2, -0.15) is 0 Å². The number of carbonyl (C=O) groups excluding carboxylic acids is 2. The van der Waals surface area contributed by atoms with Crippen molar-refractivity contribution < 1.29 is 23.5 Å². The van der Waals surface area contributed by atoms with Gasteiger partial charge in [-0.1, -0.05) is 23.7 Å². The highest BCUT2D eigenvalue weighted by Gasteiger charge is 2.07. The predicted octanol–water partition coefficient (Wildman–Crippen LogP) is 3.55. The maximum atomic E-state index is 13.3. The van der Waals surface area contributed by atoms with Gasteiger partial charge in [0.15, 0.2) is 11.6 Å². The van der Waals surface area contributed by atoms with Crippen LogP contribution in [0.5, 0.6) is 11.5 Å². The van der Waals surface area contributed by atoms with Crippen molar-refractivity contribution in [1.29, 1.82) is 0 Å². The summed E-state index contributed by atoms with van der Waals surface area (Å²) in [6, 6.07) is 11.6. The maximum Gasteiger partial charge on any atom is 0.336 e. The molecule has 0 radical (unpaired) electrons. The smallest absolute Gasteiger partial charge is 0.336 e. The van der Waals surface area contributed by atoms with E-state index >= 15 is 0 Å². The van der Waals surface area contributed by atoms with Gasteiger partial charge in [0.1, 0.15) is 5.75 Å². The summed E-state index contributed by atoms with van der Waals surface area (Å²) in [4.78, 5) is 23.0. The second-order valence-corrected chi connectivity index (χ2v) is 4.50. The summed E-state index contributed by atoms with van der Waals surface area (Å²) in [7, 11) is 0. The fourth-order valence-electron chi connectivity index (χ4n) is 1.46. The summed E-state index contributed by atoms with van der Waals surface area (Å²) in [5.41, 5.74) is 0. The maximum absolute atomic E-state index is 13.3. The van der Waals surface area contributed by atoms with Gasteiger partial charge in [-0.25, -0.2) is 14.0 Å². The summed E-state index contributed by atoms with van der Waals surface area (Å²) in [6.45, 7) is 0. The minimum atomic E-state index is -0.891. The number of ether oxygens (including phenoxy) is 2. The molecule has 0 aromatic heterocycles. The lowest BCUT2D eigenvalue weighted by molar-refractivity contribution is -0.131. The van der Waals surface area contributed by atoms with E-state index in [1.807, 2.05) is 0 Å². The first-order valence-corrected chi connectivity index (χ1v) is 6.54. The predicted molar refractivity (Wildman–Crippen MR) is 78.3 cm³/mol. The molecule has 0 N–H and O–H groups in total. The molecule has 0 spiro atoms. The van der Waals surface area contributed by atoms with Crippen LogP contribution >= 0.6 is 11.6 Å². The van der Waals surface area contributed by atoms with Crippen LogP contribution in [0.4, 0.5) is 4.39 Å². The lowest BCUT2D eigenvalue weighted by atomic mass is 10.3. The molecule has 0 saturated heterocycles. The van der Waals surface area contributed by atoms with Crippen molar-refractivity contribution in [2.75, 3.05) is 0 Å². The summed E-state index contributed by atoms with van der Waals surface area (Å²) in [6.07, 6.45) is 1.74. The Morgan fingerprint density at radius 3 is 2.14 bits per heavy atom. The molecule has 0 saturated carbocycles. The van der Waals surface area contributed by atoms with E-state index in [9.17, 15) is 14.0 Å². The van der Waals surface area contributed by atoms with Crippen LogP contribution in [0.15, 0.2) is 60.7 Å². The van der Waals surface area contributed by atoms with Crippen LogP contribution in [-0.4, -0.2) is 11.9 Å². The Kier molecular flexibility index (Phi) is 5.27. The van der Waals surface area contributed by atoms with Crippen LogP contribution in [-0.2, 0) is 9.59 Å². The Morgan fingerprint density at radius 1 is 0.909 bits per heavy atom. The van der Waals surface area contributed by atoms with Crippen molar-refractivity contribution >= 4 is 23.5 Å². The number of esters is 2. The SMILES string of the molecule is O=C(/C=C/C(=O)Oc1ccccc1F)Oc1ccc(Cl)cc1. The van der Waals surface area contributed by atoms with Crippen LogP contribution in [0.1, 0.15) is 0 Å². The van der Waals surface area contributed by atoms with Crippen LogP contribution < -0.4 is 9.47 Å². The molecule has 2 aromatic carbocycles. The monoisotopic (exact) mass is 320 g/mol. The quantitative estimate of drug-likeness (QED) is 0.491. The first-order chi connectivity index (χ1) is 10.5. The largest absolute Gasteiger partial charge is 0.423 e. The molecule has 2 aromatic rings. The lowest BCUT2D eigenvalue weighted by Gasteiger charge is -2.02. The molecular weight excluding hydrogens is 311 g/mol. The van der Waals surface area contributed by atoms with Gasteiger partial charge >= 0.3 is 11.9 Å². The molecular formula is C16H10ClFO4. The Bertz CT molecular complexity index is 710. The molecule has 0 aliphatic carbocycles. The molecule has 112 valence electrons. The van der Waals surface area contributed by atoms with Crippen molar-refractivity contribution in [3.05, 3.63) is 71.5 Å². The zero-order valence-corrected chi connectivity index (χ0v) is 11.9. The van der Waals surface area contributed by atoms with Crippen molar-refractivity contribution in [1.82, 2.24) is 0 Å². The third-order valence-corrected chi connectivity index (χ3v) is 2.69. The van der Waals surface area contributed by atoms with Crippen molar-refractivity contribution in [2.24, 2.45) is 0 Å². The summed E-state index contributed by atoms with van der Waals surface area (Å²) in [5.74, 6) is -2.27. The van der Waals surface area contributed by atoms with Crippen LogP contribution in [0.2, 0.25) is 5.02 Å². The van der Waals surface area contributed by atoms with Gasteiger partial charge < -0.3 is 9.47 Å². The van der Waals surface area contributed by atoms with Crippen molar-refractivity contribution in [2.45, 2.75) is 0 Å². The Labute approximate surface area is 130 Å². The normalized spacial score (nSPS) is 10.5. The molecule has 0 fully saturated rings. The molecule has 0 amide bonds. The van der Waals surface area contributed by atoms with Gasteiger partial charge in [-0.3, -0.25) is 0 Å². The number of halogens is 2. The Balaban J connectivity index is 1.90. The molecule has 0 unspecified atom stereocenters. The first-order valence-electron chi connectivity index (χ1n) is 6.16. The second-order valence-electron chi connectivity index (χ2n) is 4.06. The number of hydrogen-bond donors (Lipinski definition) is 0. The van der Waals surface area contributed by atoms with Crippen LogP contribution in [0, 0.1) is 5.82 Å². The number of para-hydroxylation sites is 1. The number of hydrogen-bond acceptors (Lipinski definition) is 4. The Hall–Kier alpha value is -2.66. The van der Waals surface area contributed by atoms with Gasteiger partial charge in [-0.05, 0) is 36.4 Å². The van der Waals surface area contributed by atoms with Gasteiger partial charge in [0.2, 0.25) is 0 Å². The second kappa shape index (κ2) is 7.38. The van der Waals surface area contributed by atoms with E-state index in [2.05, 4.69) is 0 Å². The zero-order valence-electron chi connectivity index (χ0n) is 11.2. The topological polar surface area (TPSA) is 52.6 Å². The van der Waals surface area contributed by atoms with Crippen molar-refractivity contribution in [3.8, 4) is 11.5 Å². The van der Waals surface area contributed by atoms with Gasteiger partial charge in [0.05, 0.1) is 0 Å². The first kappa shape index (κ1) is 15.7. The minimum absolute atomic E-state index is 0.219. The molecule has 22 heavy (non-hydrogen) atoms. The van der Waals surface area contributed by atoms with E-state index < -0.39 is 17.8 Å². The number of carbonyl (C=O) groups is 2. The molecule has 0 atom stereocenters. The highest BCUT2D eigenvalue weighted by Crippen LogP contribution is 2.16. The minimum Gasteiger partial charge on any atom is -0.423 e. The van der Waals surface area contributed by atoms with E-state index in [4.69, 9.17) is 21.1 Å². The molecule has 0 bridgehead atoms. The van der Waals surface area contributed by atoms with E-state index in [1.165, 1.54) is 30.3 Å². The van der Waals surface area contributed by atoms with Crippen LogP contribution in [0.3, 0.4) is 0 Å². The van der Waals surface area contributed by atoms with Gasteiger partial charge in [0.25, 0.3) is 0 Å². The molecule has 0 aliphatic rings. The van der Waals surface area contributed by atoms with E-state index in [0.29, 0.717) is 5.02 Å². The summed E-state index contributed by atoms with van der Waals surface area (Å²) in [5, 5.41) is 0.504. The van der Waals surface area contributed by atoms with E-state index in [0.717, 1.165) is 18.2 Å². The van der Waals surface area contributed by atoms with E-state index in [1.54, 1.807) is 12.1 Å². The molecule has 4 nitrogen and oxygen atoms in total. The Morgan fingerprint density at radius 2 is 1.50 bits per heavy atom. The number of benzene rings is 2. The molecule has 0 aliphatic heterocycles. The number of rotatable bonds is 4. The fourth-order valence-corrected chi connectivity index (χ4v) is 1.58. The highest BCUT2D eigenvalue weighted by atomic mass is 35.5. The van der Waals surface area contributed by atoms with Crippen molar-refractivity contribution in [3.63, 3.8) is 0 Å². The average Bonchev–Trinajstić information content (AvgIpc) is 2.50. The standard InChI is InChI=1S/C16H10ClFO4/c17-11-5-7-12(8-6-11)21-15(19)9-10-16(20)22-14-4-2-1-3-13(14)18/h1-10H/b10-9+.